The highest BCUT2D eigenvalue weighted by atomic mass is 32.2. The summed E-state index contributed by atoms with van der Waals surface area (Å²) in [5.74, 6) is 0.123. The number of hydrogen-bond donors (Lipinski definition) is 2. The van der Waals surface area contributed by atoms with E-state index in [4.69, 9.17) is 4.74 Å². The number of sulfonamides is 1. The third-order valence-electron chi connectivity index (χ3n) is 4.77. The lowest BCUT2D eigenvalue weighted by Gasteiger charge is -2.31. The van der Waals surface area contributed by atoms with Gasteiger partial charge in [0.25, 0.3) is 0 Å². The molecule has 1 saturated heterocycles. The fourth-order valence-corrected chi connectivity index (χ4v) is 5.20. The normalized spacial score (nSPS) is 18.3. The van der Waals surface area contributed by atoms with Gasteiger partial charge in [0.15, 0.2) is 0 Å². The summed E-state index contributed by atoms with van der Waals surface area (Å²) >= 11 is 0. The number of nitrogens with one attached hydrogen (secondary N) is 2. The minimum atomic E-state index is -3.69. The van der Waals surface area contributed by atoms with Crippen LogP contribution in [0.15, 0.2) is 29.2 Å². The first kappa shape index (κ1) is 19.4. The number of nitrogens with zero attached hydrogens (tertiary/aromatic N) is 2. The molecule has 0 bridgehead atoms. The molecule has 2 heterocycles. The van der Waals surface area contributed by atoms with E-state index in [0.717, 1.165) is 0 Å². The number of carbonyl (C=O) groups is 1. The molecule has 0 spiro atoms. The Labute approximate surface area is 159 Å². The third-order valence-corrected chi connectivity index (χ3v) is 6.90. The van der Waals surface area contributed by atoms with Crippen molar-refractivity contribution in [1.29, 1.82) is 0 Å². The summed E-state index contributed by atoms with van der Waals surface area (Å²) in [6.45, 7) is 3.91. The number of benzene rings is 1. The van der Waals surface area contributed by atoms with Crippen molar-refractivity contribution in [3.05, 3.63) is 35.7 Å². The van der Waals surface area contributed by atoms with Gasteiger partial charge in [0.2, 0.25) is 15.9 Å². The van der Waals surface area contributed by atoms with Crippen LogP contribution in [0.25, 0.3) is 0 Å². The summed E-state index contributed by atoms with van der Waals surface area (Å²) in [6.07, 6.45) is 1.28. The van der Waals surface area contributed by atoms with Gasteiger partial charge in [-0.2, -0.15) is 9.40 Å². The Balaban J connectivity index is 1.72. The first-order valence-corrected chi connectivity index (χ1v) is 10.2. The predicted octanol–water partition coefficient (Wildman–Crippen LogP) is 2.07. The number of carbonyl (C=O) groups excluding carboxylic acids is 1. The molecular formula is C18H24N4O4S. The fourth-order valence-electron chi connectivity index (χ4n) is 3.34. The SMILES string of the molecule is COc1ccc(NC(=O)[C@@H]2CCCN(S(=O)(=O)c3c(C)n[nH]c3C)C2)cc1. The first-order chi connectivity index (χ1) is 12.8. The maximum absolute atomic E-state index is 13.0. The number of hydrogen-bond acceptors (Lipinski definition) is 5. The van der Waals surface area contributed by atoms with Crippen molar-refractivity contribution < 1.29 is 17.9 Å². The smallest absolute Gasteiger partial charge is 0.246 e. The van der Waals surface area contributed by atoms with Crippen LogP contribution in [0.1, 0.15) is 24.2 Å². The van der Waals surface area contributed by atoms with Crippen molar-refractivity contribution in [1.82, 2.24) is 14.5 Å². The van der Waals surface area contributed by atoms with Crippen LogP contribution in [0.4, 0.5) is 5.69 Å². The number of aromatic amines is 1. The minimum Gasteiger partial charge on any atom is -0.497 e. The van der Waals surface area contributed by atoms with Crippen molar-refractivity contribution in [3.8, 4) is 5.75 Å². The molecule has 1 aromatic carbocycles. The molecule has 3 rings (SSSR count). The Morgan fingerprint density at radius 3 is 2.59 bits per heavy atom. The van der Waals surface area contributed by atoms with Crippen LogP contribution in [0.5, 0.6) is 5.75 Å². The molecule has 1 aliphatic rings. The van der Waals surface area contributed by atoms with Crippen LogP contribution in [0, 0.1) is 19.8 Å². The fraction of sp³-hybridized carbons (Fsp3) is 0.444. The van der Waals surface area contributed by atoms with E-state index in [9.17, 15) is 13.2 Å². The highest BCUT2D eigenvalue weighted by Crippen LogP contribution is 2.27. The lowest BCUT2D eigenvalue weighted by atomic mass is 9.99. The van der Waals surface area contributed by atoms with Gasteiger partial charge >= 0.3 is 0 Å². The van der Waals surface area contributed by atoms with Crippen LogP contribution in [-0.2, 0) is 14.8 Å². The molecule has 0 unspecified atom stereocenters. The van der Waals surface area contributed by atoms with E-state index in [1.807, 2.05) is 0 Å². The van der Waals surface area contributed by atoms with Crippen LogP contribution in [-0.4, -0.2) is 49.0 Å². The maximum Gasteiger partial charge on any atom is 0.246 e. The largest absolute Gasteiger partial charge is 0.497 e. The van der Waals surface area contributed by atoms with Crippen molar-refractivity contribution >= 4 is 21.6 Å². The highest BCUT2D eigenvalue weighted by molar-refractivity contribution is 7.89. The zero-order valence-electron chi connectivity index (χ0n) is 15.7. The number of methoxy groups -OCH3 is 1. The molecule has 0 aliphatic carbocycles. The van der Waals surface area contributed by atoms with Gasteiger partial charge < -0.3 is 10.1 Å². The van der Waals surface area contributed by atoms with Gasteiger partial charge in [0, 0.05) is 18.8 Å². The summed E-state index contributed by atoms with van der Waals surface area (Å²) in [5.41, 5.74) is 1.61. The number of aromatic nitrogens is 2. The van der Waals surface area contributed by atoms with E-state index in [-0.39, 0.29) is 17.3 Å². The lowest BCUT2D eigenvalue weighted by molar-refractivity contribution is -0.120. The Kier molecular flexibility index (Phi) is 5.52. The van der Waals surface area contributed by atoms with Gasteiger partial charge in [-0.15, -0.1) is 0 Å². The van der Waals surface area contributed by atoms with Gasteiger partial charge in [0.05, 0.1) is 24.4 Å². The molecule has 1 aromatic heterocycles. The number of H-pyrrole nitrogens is 1. The van der Waals surface area contributed by atoms with Gasteiger partial charge in [-0.25, -0.2) is 8.42 Å². The van der Waals surface area contributed by atoms with Crippen molar-refractivity contribution in [2.75, 3.05) is 25.5 Å². The number of amides is 1. The molecule has 9 heteroatoms. The Bertz CT molecular complexity index is 902. The molecule has 2 aromatic rings. The van der Waals surface area contributed by atoms with Crippen molar-refractivity contribution in [2.45, 2.75) is 31.6 Å². The number of piperidine rings is 1. The van der Waals surface area contributed by atoms with E-state index >= 15 is 0 Å². The van der Waals surface area contributed by atoms with Gasteiger partial charge in [-0.3, -0.25) is 9.89 Å². The lowest BCUT2D eigenvalue weighted by Crippen LogP contribution is -2.43. The van der Waals surface area contributed by atoms with E-state index in [2.05, 4.69) is 15.5 Å². The van der Waals surface area contributed by atoms with Gasteiger partial charge in [-0.1, -0.05) is 0 Å². The molecule has 2 N–H and O–H groups in total. The zero-order valence-corrected chi connectivity index (χ0v) is 16.5. The standard InChI is InChI=1S/C18H24N4O4S/c1-12-17(13(2)21-20-12)27(24,25)22-10-4-5-14(11-22)18(23)19-15-6-8-16(26-3)9-7-15/h6-9,14H,4-5,10-11H2,1-3H3,(H,19,23)(H,20,21)/t14-/m1/s1. The molecular weight excluding hydrogens is 368 g/mol. The monoisotopic (exact) mass is 392 g/mol. The quantitative estimate of drug-likeness (QED) is 0.811. The predicted molar refractivity (Wildman–Crippen MR) is 101 cm³/mol. The molecule has 1 aliphatic heterocycles. The summed E-state index contributed by atoms with van der Waals surface area (Å²) in [4.78, 5) is 12.8. The van der Waals surface area contributed by atoms with E-state index in [1.54, 1.807) is 45.2 Å². The maximum atomic E-state index is 13.0. The van der Waals surface area contributed by atoms with Crippen LogP contribution in [0.3, 0.4) is 0 Å². The number of aryl methyl sites for hydroxylation is 2. The molecule has 27 heavy (non-hydrogen) atoms. The molecule has 1 amide bonds. The summed E-state index contributed by atoms with van der Waals surface area (Å²) < 4.78 is 32.5. The zero-order chi connectivity index (χ0) is 19.6. The minimum absolute atomic E-state index is 0.161. The average molecular weight is 392 g/mol. The summed E-state index contributed by atoms with van der Waals surface area (Å²) in [5, 5.41) is 9.55. The summed E-state index contributed by atoms with van der Waals surface area (Å²) in [7, 11) is -2.11. The van der Waals surface area contributed by atoms with E-state index < -0.39 is 15.9 Å². The molecule has 0 radical (unpaired) electrons. The number of ether oxygens (including phenoxy) is 1. The molecule has 1 atom stereocenters. The van der Waals surface area contributed by atoms with E-state index in [1.165, 1.54) is 4.31 Å². The number of anilines is 1. The molecule has 1 fully saturated rings. The Morgan fingerprint density at radius 2 is 2.00 bits per heavy atom. The van der Waals surface area contributed by atoms with Crippen LogP contribution < -0.4 is 10.1 Å². The highest BCUT2D eigenvalue weighted by Gasteiger charge is 2.35. The van der Waals surface area contributed by atoms with Crippen molar-refractivity contribution in [2.24, 2.45) is 5.92 Å². The third kappa shape index (κ3) is 3.98. The molecule has 8 nitrogen and oxygen atoms in total. The molecule has 0 saturated carbocycles. The average Bonchev–Trinajstić information content (AvgIpc) is 3.01. The molecule has 146 valence electrons. The second kappa shape index (κ2) is 7.69. The second-order valence-corrected chi connectivity index (χ2v) is 8.56. The van der Waals surface area contributed by atoms with Crippen LogP contribution in [0.2, 0.25) is 0 Å². The Hall–Kier alpha value is -2.39. The van der Waals surface area contributed by atoms with Gasteiger partial charge in [0.1, 0.15) is 10.6 Å². The van der Waals surface area contributed by atoms with Crippen LogP contribution >= 0.6 is 0 Å². The van der Waals surface area contributed by atoms with Crippen molar-refractivity contribution in [3.63, 3.8) is 0 Å². The Morgan fingerprint density at radius 1 is 1.30 bits per heavy atom. The topological polar surface area (TPSA) is 104 Å². The summed E-state index contributed by atoms with van der Waals surface area (Å²) in [6, 6.07) is 7.04. The second-order valence-electron chi connectivity index (χ2n) is 6.68. The number of rotatable bonds is 5. The van der Waals surface area contributed by atoms with E-state index in [0.29, 0.717) is 42.2 Å². The first-order valence-electron chi connectivity index (χ1n) is 8.79. The van der Waals surface area contributed by atoms with Gasteiger partial charge in [-0.05, 0) is 51.0 Å².